The summed E-state index contributed by atoms with van der Waals surface area (Å²) >= 11 is 0. The number of aromatic nitrogens is 1. The summed E-state index contributed by atoms with van der Waals surface area (Å²) in [4.78, 5) is 20.9. The Bertz CT molecular complexity index is 798. The van der Waals surface area contributed by atoms with Crippen molar-refractivity contribution in [2.75, 3.05) is 46.9 Å². The molecule has 4 rings (SSSR count). The van der Waals surface area contributed by atoms with Crippen LogP contribution < -0.4 is 10.1 Å². The molecule has 1 amide bonds. The first kappa shape index (κ1) is 18.9. The third kappa shape index (κ3) is 4.34. The van der Waals surface area contributed by atoms with E-state index >= 15 is 0 Å². The molecular formula is C22H28N4O2. The number of nitrogens with one attached hydrogen (secondary N) is 1. The predicted octanol–water partition coefficient (Wildman–Crippen LogP) is 1.98. The topological polar surface area (TPSA) is 57.7 Å². The van der Waals surface area contributed by atoms with E-state index in [2.05, 4.69) is 46.5 Å². The van der Waals surface area contributed by atoms with E-state index in [4.69, 9.17) is 4.74 Å². The van der Waals surface area contributed by atoms with Crippen molar-refractivity contribution in [3.63, 3.8) is 0 Å². The Morgan fingerprint density at radius 3 is 2.46 bits per heavy atom. The van der Waals surface area contributed by atoms with Crippen LogP contribution in [-0.4, -0.2) is 73.6 Å². The van der Waals surface area contributed by atoms with Gasteiger partial charge in [-0.15, -0.1) is 0 Å². The lowest BCUT2D eigenvalue weighted by molar-refractivity contribution is -0.131. The molecule has 2 aromatic rings. The molecule has 2 heterocycles. The highest BCUT2D eigenvalue weighted by atomic mass is 16.5. The zero-order valence-electron chi connectivity index (χ0n) is 16.6. The fourth-order valence-electron chi connectivity index (χ4n) is 3.77. The molecule has 0 bridgehead atoms. The molecule has 1 aromatic heterocycles. The highest BCUT2D eigenvalue weighted by Crippen LogP contribution is 2.41. The van der Waals surface area contributed by atoms with Gasteiger partial charge in [0.15, 0.2) is 0 Å². The number of hydrogen-bond acceptors (Lipinski definition) is 5. The van der Waals surface area contributed by atoms with Crippen LogP contribution in [0, 0.1) is 0 Å². The number of benzene rings is 1. The minimum atomic E-state index is 0.223. The van der Waals surface area contributed by atoms with E-state index in [0.717, 1.165) is 43.7 Å². The fraction of sp³-hybridized carbons (Fsp3) is 0.455. The van der Waals surface area contributed by atoms with E-state index in [9.17, 15) is 4.79 Å². The van der Waals surface area contributed by atoms with E-state index < -0.39 is 0 Å². The number of amides is 1. The number of carbonyl (C=O) groups is 1. The first-order chi connectivity index (χ1) is 13.6. The molecule has 6 heteroatoms. The molecule has 1 saturated carbocycles. The quantitative estimate of drug-likeness (QED) is 0.830. The highest BCUT2D eigenvalue weighted by molar-refractivity contribution is 5.78. The number of hydrogen-bond donors (Lipinski definition) is 1. The van der Waals surface area contributed by atoms with E-state index in [-0.39, 0.29) is 5.91 Å². The maximum atomic E-state index is 12.4. The molecular weight excluding hydrogens is 352 g/mol. The monoisotopic (exact) mass is 380 g/mol. The predicted molar refractivity (Wildman–Crippen MR) is 109 cm³/mol. The molecule has 1 aromatic carbocycles. The van der Waals surface area contributed by atoms with Gasteiger partial charge < -0.3 is 19.9 Å². The Labute approximate surface area is 166 Å². The second kappa shape index (κ2) is 8.29. The second-order valence-electron chi connectivity index (χ2n) is 7.72. The Morgan fingerprint density at radius 2 is 1.82 bits per heavy atom. The van der Waals surface area contributed by atoms with Crippen LogP contribution >= 0.6 is 0 Å². The lowest BCUT2D eigenvalue weighted by atomic mass is 10.0. The van der Waals surface area contributed by atoms with Gasteiger partial charge in [0.05, 0.1) is 13.7 Å². The van der Waals surface area contributed by atoms with E-state index in [1.165, 1.54) is 5.56 Å². The van der Waals surface area contributed by atoms with Crippen LogP contribution in [0.3, 0.4) is 0 Å². The van der Waals surface area contributed by atoms with Gasteiger partial charge in [-0.1, -0.05) is 24.3 Å². The maximum absolute atomic E-state index is 12.4. The number of likely N-dealkylation sites (N-methyl/N-ethyl adjacent to an activating group) is 1. The summed E-state index contributed by atoms with van der Waals surface area (Å²) in [5.74, 6) is 1.35. The largest absolute Gasteiger partial charge is 0.481 e. The van der Waals surface area contributed by atoms with Crippen LogP contribution in [0.1, 0.15) is 17.9 Å². The summed E-state index contributed by atoms with van der Waals surface area (Å²) in [5.41, 5.74) is 3.56. The van der Waals surface area contributed by atoms with Crippen LogP contribution in [-0.2, 0) is 4.79 Å². The number of pyridine rings is 1. The van der Waals surface area contributed by atoms with Crippen molar-refractivity contribution < 1.29 is 9.53 Å². The van der Waals surface area contributed by atoms with Crippen molar-refractivity contribution >= 4 is 5.91 Å². The molecule has 1 N–H and O–H groups in total. The summed E-state index contributed by atoms with van der Waals surface area (Å²) in [5, 5.41) is 3.44. The zero-order valence-corrected chi connectivity index (χ0v) is 16.6. The normalized spacial score (nSPS) is 22.1. The molecule has 148 valence electrons. The van der Waals surface area contributed by atoms with Crippen LogP contribution in [0.5, 0.6) is 5.88 Å². The molecule has 1 aliphatic carbocycles. The molecule has 2 atom stereocenters. The van der Waals surface area contributed by atoms with Gasteiger partial charge in [-0.3, -0.25) is 4.79 Å². The number of carbonyl (C=O) groups excluding carboxylic acids is 1. The number of rotatable bonds is 6. The fourth-order valence-corrected chi connectivity index (χ4v) is 3.77. The maximum Gasteiger partial charge on any atom is 0.236 e. The molecule has 2 fully saturated rings. The van der Waals surface area contributed by atoms with Crippen molar-refractivity contribution in [1.29, 1.82) is 0 Å². The molecule has 0 spiro atoms. The Balaban J connectivity index is 1.27. The first-order valence-electron chi connectivity index (χ1n) is 9.94. The zero-order chi connectivity index (χ0) is 19.5. The summed E-state index contributed by atoms with van der Waals surface area (Å²) in [7, 11) is 3.72. The van der Waals surface area contributed by atoms with Gasteiger partial charge in [0.2, 0.25) is 11.8 Å². The number of nitrogens with zero attached hydrogens (tertiary/aromatic N) is 3. The van der Waals surface area contributed by atoms with E-state index in [1.807, 2.05) is 23.2 Å². The van der Waals surface area contributed by atoms with Gasteiger partial charge in [0.1, 0.15) is 0 Å². The smallest absolute Gasteiger partial charge is 0.236 e. The van der Waals surface area contributed by atoms with Crippen molar-refractivity contribution in [3.8, 4) is 17.0 Å². The summed E-state index contributed by atoms with van der Waals surface area (Å²) in [6, 6.07) is 13.0. The Hall–Kier alpha value is -2.44. The molecule has 1 saturated heterocycles. The van der Waals surface area contributed by atoms with Crippen molar-refractivity contribution in [2.24, 2.45) is 0 Å². The van der Waals surface area contributed by atoms with Gasteiger partial charge in [-0.25, -0.2) is 4.98 Å². The highest BCUT2D eigenvalue weighted by Gasteiger charge is 2.38. The van der Waals surface area contributed by atoms with Crippen LogP contribution in [0.2, 0.25) is 0 Å². The first-order valence-corrected chi connectivity index (χ1v) is 9.94. The van der Waals surface area contributed by atoms with Gasteiger partial charge >= 0.3 is 0 Å². The SMILES string of the molecule is COc1ccc(-c2ccc(C3C[C@@H]3NCC(=O)N3CCN(C)CC3)cc2)cn1. The average Bonchev–Trinajstić information content (AvgIpc) is 3.52. The van der Waals surface area contributed by atoms with Crippen LogP contribution in [0.15, 0.2) is 42.6 Å². The van der Waals surface area contributed by atoms with Crippen molar-refractivity contribution in [2.45, 2.75) is 18.4 Å². The second-order valence-corrected chi connectivity index (χ2v) is 7.72. The molecule has 0 radical (unpaired) electrons. The lowest BCUT2D eigenvalue weighted by Gasteiger charge is -2.32. The van der Waals surface area contributed by atoms with Crippen LogP contribution in [0.4, 0.5) is 0 Å². The average molecular weight is 380 g/mol. The number of ether oxygens (including phenoxy) is 1. The third-order valence-corrected chi connectivity index (χ3v) is 5.78. The van der Waals surface area contributed by atoms with Gasteiger partial charge in [-0.2, -0.15) is 0 Å². The molecule has 6 nitrogen and oxygen atoms in total. The van der Waals surface area contributed by atoms with Crippen molar-refractivity contribution in [3.05, 3.63) is 48.2 Å². The lowest BCUT2D eigenvalue weighted by Crippen LogP contribution is -2.49. The number of methoxy groups -OCH3 is 1. The minimum absolute atomic E-state index is 0.223. The van der Waals surface area contributed by atoms with E-state index in [0.29, 0.717) is 24.4 Å². The molecule has 1 unspecified atom stereocenters. The van der Waals surface area contributed by atoms with Gasteiger partial charge in [0, 0.05) is 56.0 Å². The van der Waals surface area contributed by atoms with Crippen molar-refractivity contribution in [1.82, 2.24) is 20.1 Å². The molecule has 28 heavy (non-hydrogen) atoms. The summed E-state index contributed by atoms with van der Waals surface area (Å²) in [6.45, 7) is 4.06. The minimum Gasteiger partial charge on any atom is -0.481 e. The summed E-state index contributed by atoms with van der Waals surface area (Å²) in [6.07, 6.45) is 2.93. The van der Waals surface area contributed by atoms with Gasteiger partial charge in [-0.05, 0) is 30.7 Å². The number of piperazine rings is 1. The Morgan fingerprint density at radius 1 is 1.11 bits per heavy atom. The third-order valence-electron chi connectivity index (χ3n) is 5.78. The van der Waals surface area contributed by atoms with Crippen LogP contribution in [0.25, 0.3) is 11.1 Å². The molecule has 1 aliphatic heterocycles. The standard InChI is InChI=1S/C22H28N4O2/c1-25-9-11-26(12-10-25)22(27)15-23-20-13-19(20)17-5-3-16(4-6-17)18-7-8-21(28-2)24-14-18/h3-8,14,19-20,23H,9-13,15H2,1-2H3/t19?,20-/m0/s1. The summed E-state index contributed by atoms with van der Waals surface area (Å²) < 4.78 is 5.11. The van der Waals surface area contributed by atoms with E-state index in [1.54, 1.807) is 7.11 Å². The van der Waals surface area contributed by atoms with Gasteiger partial charge in [0.25, 0.3) is 0 Å². The Kier molecular flexibility index (Phi) is 5.59. The molecule has 2 aliphatic rings.